The number of hydrogen-bond donors (Lipinski definition) is 4. The van der Waals surface area contributed by atoms with E-state index in [9.17, 15) is 29.1 Å². The van der Waals surface area contributed by atoms with Crippen LogP contribution < -0.4 is 25.4 Å². The molecule has 0 saturated heterocycles. The van der Waals surface area contributed by atoms with Crippen LogP contribution >= 0.6 is 11.8 Å². The van der Waals surface area contributed by atoms with Gasteiger partial charge in [0.2, 0.25) is 17.7 Å². The van der Waals surface area contributed by atoms with Crippen molar-refractivity contribution in [1.82, 2.24) is 16.0 Å². The predicted molar refractivity (Wildman–Crippen MR) is 166 cm³/mol. The molecule has 12 heteroatoms. The highest BCUT2D eigenvalue weighted by Crippen LogP contribution is 2.26. The van der Waals surface area contributed by atoms with Crippen LogP contribution in [-0.2, 0) is 36.1 Å². The number of aliphatic carboxylic acids is 1. The van der Waals surface area contributed by atoms with Crippen LogP contribution in [0, 0.1) is 5.92 Å². The molecule has 0 aromatic heterocycles. The number of thioether (sulfide) groups is 1. The molecule has 236 valence electrons. The molecule has 1 heterocycles. The van der Waals surface area contributed by atoms with Gasteiger partial charge < -0.3 is 30.5 Å². The molecule has 1 unspecified atom stereocenters. The van der Waals surface area contributed by atoms with Gasteiger partial charge in [-0.1, -0.05) is 50.3 Å². The Bertz CT molecular complexity index is 1360. The fourth-order valence-corrected chi connectivity index (χ4v) is 5.32. The van der Waals surface area contributed by atoms with Gasteiger partial charge in [-0.15, -0.1) is 11.8 Å². The monoisotopic (exact) mass is 625 g/mol. The summed E-state index contributed by atoms with van der Waals surface area (Å²) in [6, 6.07) is 12.3. The van der Waals surface area contributed by atoms with Crippen LogP contribution in [0.5, 0.6) is 11.5 Å². The maximum absolute atomic E-state index is 13.3. The van der Waals surface area contributed by atoms with Crippen LogP contribution in [0.25, 0.3) is 0 Å². The van der Waals surface area contributed by atoms with E-state index in [-0.39, 0.29) is 30.6 Å². The van der Waals surface area contributed by atoms with Crippen molar-refractivity contribution in [3.8, 4) is 11.5 Å². The van der Waals surface area contributed by atoms with Crippen LogP contribution in [0.1, 0.15) is 44.7 Å². The minimum atomic E-state index is -1.24. The molecule has 1 aliphatic heterocycles. The Morgan fingerprint density at radius 3 is 2.43 bits per heavy atom. The predicted octanol–water partition coefficient (Wildman–Crippen LogP) is 3.01. The van der Waals surface area contributed by atoms with Gasteiger partial charge in [-0.25, -0.2) is 0 Å². The molecule has 0 saturated carbocycles. The molecular weight excluding hydrogens is 586 g/mol. The summed E-state index contributed by atoms with van der Waals surface area (Å²) in [5.74, 6) is -1.67. The summed E-state index contributed by atoms with van der Waals surface area (Å²) in [6.07, 6.45) is 1.35. The van der Waals surface area contributed by atoms with Crippen LogP contribution in [0.15, 0.2) is 60.3 Å². The minimum absolute atomic E-state index is 0.0219. The number of benzene rings is 2. The van der Waals surface area contributed by atoms with Gasteiger partial charge >= 0.3 is 5.97 Å². The molecule has 11 nitrogen and oxygen atoms in total. The third-order valence-electron chi connectivity index (χ3n) is 6.62. The molecule has 3 amide bonds. The van der Waals surface area contributed by atoms with Crippen molar-refractivity contribution in [2.24, 2.45) is 5.92 Å². The lowest BCUT2D eigenvalue weighted by molar-refractivity contribution is -0.140. The highest BCUT2D eigenvalue weighted by atomic mass is 32.2. The highest BCUT2D eigenvalue weighted by Gasteiger charge is 2.30. The van der Waals surface area contributed by atoms with E-state index in [0.29, 0.717) is 41.5 Å². The third-order valence-corrected chi connectivity index (χ3v) is 7.64. The minimum Gasteiger partial charge on any atom is -0.494 e. The van der Waals surface area contributed by atoms with Crippen molar-refractivity contribution >= 4 is 41.2 Å². The molecule has 3 rings (SSSR count). The Morgan fingerprint density at radius 2 is 1.80 bits per heavy atom. The summed E-state index contributed by atoms with van der Waals surface area (Å²) in [5, 5.41) is 17.4. The number of amides is 3. The summed E-state index contributed by atoms with van der Waals surface area (Å²) < 4.78 is 11.5. The number of carboxylic acids is 1. The number of rotatable bonds is 18. The average molecular weight is 626 g/mol. The van der Waals surface area contributed by atoms with E-state index in [1.54, 1.807) is 38.1 Å². The van der Waals surface area contributed by atoms with Crippen molar-refractivity contribution in [3.63, 3.8) is 0 Å². The smallest absolute Gasteiger partial charge is 0.305 e. The zero-order valence-corrected chi connectivity index (χ0v) is 25.9. The molecule has 4 N–H and O–H groups in total. The highest BCUT2D eigenvalue weighted by molar-refractivity contribution is 7.99. The zero-order chi connectivity index (χ0) is 32.1. The van der Waals surface area contributed by atoms with E-state index >= 15 is 0 Å². The zero-order valence-electron chi connectivity index (χ0n) is 25.1. The lowest BCUT2D eigenvalue weighted by atomic mass is 10.0. The van der Waals surface area contributed by atoms with Gasteiger partial charge in [0, 0.05) is 17.7 Å². The van der Waals surface area contributed by atoms with Crippen molar-refractivity contribution in [1.29, 1.82) is 0 Å². The summed E-state index contributed by atoms with van der Waals surface area (Å²) >= 11 is 1.33. The molecule has 0 spiro atoms. The van der Waals surface area contributed by atoms with E-state index < -0.39 is 42.1 Å². The third kappa shape index (κ3) is 11.1. The van der Waals surface area contributed by atoms with Crippen molar-refractivity contribution in [3.05, 3.63) is 71.4 Å². The number of hydrogen-bond acceptors (Lipinski definition) is 8. The molecule has 2 aromatic carbocycles. The van der Waals surface area contributed by atoms with E-state index in [0.717, 1.165) is 5.56 Å². The maximum atomic E-state index is 13.3. The van der Waals surface area contributed by atoms with Crippen LogP contribution in [0.3, 0.4) is 0 Å². The number of nitrogens with one attached hydrogen (secondary N) is 3. The number of ketones is 1. The first-order valence-electron chi connectivity index (χ1n) is 14.4. The normalized spacial score (nSPS) is 13.8. The van der Waals surface area contributed by atoms with E-state index in [1.165, 1.54) is 11.8 Å². The molecular formula is C32H39N3O8S. The number of ether oxygens (including phenoxy) is 2. The lowest BCUT2D eigenvalue weighted by Gasteiger charge is -2.25. The van der Waals surface area contributed by atoms with Crippen molar-refractivity contribution < 1.29 is 38.6 Å². The molecule has 2 aromatic rings. The Kier molecular flexibility index (Phi) is 13.3. The van der Waals surface area contributed by atoms with Crippen molar-refractivity contribution in [2.75, 3.05) is 19.0 Å². The van der Waals surface area contributed by atoms with Gasteiger partial charge in [0.25, 0.3) is 0 Å². The maximum Gasteiger partial charge on any atom is 0.305 e. The van der Waals surface area contributed by atoms with Gasteiger partial charge in [0.05, 0.1) is 36.9 Å². The topological polar surface area (TPSA) is 160 Å². The van der Waals surface area contributed by atoms with E-state index in [1.807, 2.05) is 37.3 Å². The van der Waals surface area contributed by atoms with Crippen LogP contribution in [0.4, 0.5) is 0 Å². The molecule has 1 aliphatic rings. The Hall–Kier alpha value is -4.32. The number of Topliss-reactive ketones (excluding diaryl/α,β-unsaturated/α-hetero) is 1. The summed E-state index contributed by atoms with van der Waals surface area (Å²) in [4.78, 5) is 62.3. The average Bonchev–Trinajstić information content (AvgIpc) is 3.40. The molecule has 0 fully saturated rings. The molecule has 2 atom stereocenters. The summed E-state index contributed by atoms with van der Waals surface area (Å²) in [5.41, 5.74) is 2.21. The van der Waals surface area contributed by atoms with E-state index in [4.69, 9.17) is 9.47 Å². The molecule has 0 aliphatic carbocycles. The standard InChI is InChI=1S/C32H39N3O8S/c1-4-42-27-12-11-24(43-17-23-10-13-28(37)33-23)14-22(27)15-29(38)35-31(20(2)3)32(41)34-25(16-30(39)40)26(36)19-44-18-21-8-6-5-7-9-21/h5-12,14,20,25,31H,4,13,15-19H2,1-3H3,(H,33,37)(H,34,41)(H,35,38)(H,39,40)/t25?,31-/m0/s1. The summed E-state index contributed by atoms with van der Waals surface area (Å²) in [7, 11) is 0. The Labute approximate surface area is 261 Å². The number of carbonyl (C=O) groups is 5. The first-order valence-corrected chi connectivity index (χ1v) is 15.5. The fraction of sp³-hybridized carbons (Fsp3) is 0.406. The largest absolute Gasteiger partial charge is 0.494 e. The Balaban J connectivity index is 1.63. The van der Waals surface area contributed by atoms with Gasteiger partial charge in [0.1, 0.15) is 24.1 Å². The van der Waals surface area contributed by atoms with Crippen LogP contribution in [-0.4, -0.2) is 65.6 Å². The summed E-state index contributed by atoms with van der Waals surface area (Å²) in [6.45, 7) is 5.82. The van der Waals surface area contributed by atoms with E-state index in [2.05, 4.69) is 16.0 Å². The number of carbonyl (C=O) groups excluding carboxylic acids is 4. The first kappa shape index (κ1) is 34.2. The second-order valence-electron chi connectivity index (χ2n) is 10.5. The van der Waals surface area contributed by atoms with Crippen molar-refractivity contribution in [2.45, 2.75) is 57.9 Å². The SMILES string of the molecule is CCOc1ccc(OCC2=CCC(=O)N2)cc1CC(=O)N[C@H](C(=O)NC(CC(=O)O)C(=O)CSCc1ccccc1)C(C)C. The molecule has 44 heavy (non-hydrogen) atoms. The second-order valence-corrected chi connectivity index (χ2v) is 11.5. The van der Waals surface area contributed by atoms with Gasteiger partial charge in [-0.3, -0.25) is 24.0 Å². The van der Waals surface area contributed by atoms with Crippen LogP contribution in [0.2, 0.25) is 0 Å². The van der Waals surface area contributed by atoms with Gasteiger partial charge in [-0.05, 0) is 36.6 Å². The van der Waals surface area contributed by atoms with Gasteiger partial charge in [-0.2, -0.15) is 0 Å². The number of carboxylic acid groups (broad SMARTS) is 1. The fourth-order valence-electron chi connectivity index (χ4n) is 4.39. The molecule has 0 radical (unpaired) electrons. The van der Waals surface area contributed by atoms with Gasteiger partial charge in [0.15, 0.2) is 5.78 Å². The first-order chi connectivity index (χ1) is 21.0. The Morgan fingerprint density at radius 1 is 1.05 bits per heavy atom. The second kappa shape index (κ2) is 17.1. The quantitative estimate of drug-likeness (QED) is 0.195. The molecule has 0 bridgehead atoms. The lowest BCUT2D eigenvalue weighted by Crippen LogP contribution is -2.54.